The van der Waals surface area contributed by atoms with Crippen molar-refractivity contribution in [2.24, 2.45) is 4.99 Å². The SMILES string of the molecule is CCS(=O)C1CCCC(NC(=NC)NCCc2nc(C(C)C)no2)C1. The second-order valence-corrected chi connectivity index (χ2v) is 8.75. The van der Waals surface area contributed by atoms with Crippen LogP contribution in [-0.4, -0.2) is 50.9 Å². The number of hydrogen-bond donors (Lipinski definition) is 2. The first-order valence-electron chi connectivity index (χ1n) is 9.20. The smallest absolute Gasteiger partial charge is 0.228 e. The summed E-state index contributed by atoms with van der Waals surface area (Å²) in [6, 6.07) is 0.330. The van der Waals surface area contributed by atoms with E-state index in [1.807, 2.05) is 20.8 Å². The van der Waals surface area contributed by atoms with E-state index < -0.39 is 10.8 Å². The molecule has 1 saturated carbocycles. The number of guanidine groups is 1. The summed E-state index contributed by atoms with van der Waals surface area (Å²) in [6.07, 6.45) is 4.89. The van der Waals surface area contributed by atoms with E-state index in [-0.39, 0.29) is 5.92 Å². The number of rotatable bonds is 7. The molecule has 7 nitrogen and oxygen atoms in total. The van der Waals surface area contributed by atoms with Crippen molar-refractivity contribution in [1.29, 1.82) is 0 Å². The van der Waals surface area contributed by atoms with Crippen molar-refractivity contribution in [3.05, 3.63) is 11.7 Å². The molecule has 1 aromatic rings. The standard InChI is InChI=1S/C17H31N5O2S/c1-5-25(23)14-8-6-7-13(11-14)20-17(18-4)19-10-9-15-21-16(12(2)3)22-24-15/h12-14H,5-11H2,1-4H3,(H2,18,19,20). The Labute approximate surface area is 152 Å². The van der Waals surface area contributed by atoms with E-state index in [0.717, 1.165) is 43.2 Å². The maximum atomic E-state index is 12.1. The molecule has 0 saturated heterocycles. The van der Waals surface area contributed by atoms with Gasteiger partial charge in [-0.1, -0.05) is 32.3 Å². The van der Waals surface area contributed by atoms with Gasteiger partial charge >= 0.3 is 0 Å². The third-order valence-electron chi connectivity index (χ3n) is 4.48. The first-order valence-corrected chi connectivity index (χ1v) is 10.6. The van der Waals surface area contributed by atoms with E-state index in [1.165, 1.54) is 0 Å². The molecule has 0 amide bonds. The maximum absolute atomic E-state index is 12.1. The first kappa shape index (κ1) is 19.9. The quantitative estimate of drug-likeness (QED) is 0.564. The van der Waals surface area contributed by atoms with Crippen molar-refractivity contribution in [2.45, 2.75) is 70.1 Å². The van der Waals surface area contributed by atoms with Gasteiger partial charge in [0, 0.05) is 53.8 Å². The fraction of sp³-hybridized carbons (Fsp3) is 0.824. The van der Waals surface area contributed by atoms with Crippen molar-refractivity contribution in [2.75, 3.05) is 19.3 Å². The second kappa shape index (κ2) is 9.89. The Kier molecular flexibility index (Phi) is 7.87. The van der Waals surface area contributed by atoms with Crippen LogP contribution in [0.1, 0.15) is 64.1 Å². The molecule has 1 fully saturated rings. The Balaban J connectivity index is 1.77. The minimum atomic E-state index is -0.711. The van der Waals surface area contributed by atoms with Crippen molar-refractivity contribution < 1.29 is 8.73 Å². The van der Waals surface area contributed by atoms with Crippen LogP contribution in [0.5, 0.6) is 0 Å². The Morgan fingerprint density at radius 3 is 2.88 bits per heavy atom. The van der Waals surface area contributed by atoms with Crippen LogP contribution in [0.2, 0.25) is 0 Å². The van der Waals surface area contributed by atoms with Gasteiger partial charge < -0.3 is 15.2 Å². The molecule has 1 aromatic heterocycles. The molecule has 0 aromatic carbocycles. The molecular weight excluding hydrogens is 338 g/mol. The summed E-state index contributed by atoms with van der Waals surface area (Å²) in [5.74, 6) is 3.18. The highest BCUT2D eigenvalue weighted by molar-refractivity contribution is 7.85. The minimum absolute atomic E-state index is 0.271. The molecule has 0 radical (unpaired) electrons. The van der Waals surface area contributed by atoms with Crippen LogP contribution in [0.3, 0.4) is 0 Å². The molecule has 2 N–H and O–H groups in total. The fourth-order valence-electron chi connectivity index (χ4n) is 3.03. The average molecular weight is 370 g/mol. The molecular formula is C17H31N5O2S. The highest BCUT2D eigenvalue weighted by Gasteiger charge is 2.26. The third kappa shape index (κ3) is 6.09. The molecule has 142 valence electrons. The molecule has 0 spiro atoms. The molecule has 3 unspecified atom stereocenters. The molecule has 0 bridgehead atoms. The predicted octanol–water partition coefficient (Wildman–Crippen LogP) is 1.98. The Morgan fingerprint density at radius 1 is 1.44 bits per heavy atom. The maximum Gasteiger partial charge on any atom is 0.228 e. The van der Waals surface area contributed by atoms with Gasteiger partial charge in [-0.25, -0.2) is 0 Å². The third-order valence-corrected chi connectivity index (χ3v) is 6.22. The van der Waals surface area contributed by atoms with Gasteiger partial charge in [0.2, 0.25) is 5.89 Å². The monoisotopic (exact) mass is 369 g/mol. The summed E-state index contributed by atoms with van der Waals surface area (Å²) in [7, 11) is 1.06. The van der Waals surface area contributed by atoms with Gasteiger partial charge in [0.1, 0.15) is 0 Å². The molecule has 1 aliphatic rings. The van der Waals surface area contributed by atoms with Crippen molar-refractivity contribution >= 4 is 16.8 Å². The van der Waals surface area contributed by atoms with Gasteiger partial charge in [-0.05, 0) is 19.3 Å². The lowest BCUT2D eigenvalue weighted by molar-refractivity contribution is 0.370. The van der Waals surface area contributed by atoms with E-state index in [9.17, 15) is 4.21 Å². The molecule has 25 heavy (non-hydrogen) atoms. The molecule has 3 atom stereocenters. The molecule has 0 aliphatic heterocycles. The van der Waals surface area contributed by atoms with Crippen molar-refractivity contribution in [3.8, 4) is 0 Å². The summed E-state index contributed by atoms with van der Waals surface area (Å²) in [4.78, 5) is 8.66. The van der Waals surface area contributed by atoms with E-state index in [2.05, 4.69) is 25.8 Å². The summed E-state index contributed by atoms with van der Waals surface area (Å²) < 4.78 is 17.3. The lowest BCUT2D eigenvalue weighted by Crippen LogP contribution is -2.47. The number of aliphatic imine (C=N–C) groups is 1. The molecule has 1 heterocycles. The van der Waals surface area contributed by atoms with Crippen LogP contribution in [0.15, 0.2) is 9.52 Å². The zero-order valence-corrected chi connectivity index (χ0v) is 16.6. The normalized spacial score (nSPS) is 22.8. The molecule has 2 rings (SSSR count). The van der Waals surface area contributed by atoms with Crippen molar-refractivity contribution in [1.82, 2.24) is 20.8 Å². The summed E-state index contributed by atoms with van der Waals surface area (Å²) >= 11 is 0. The first-order chi connectivity index (χ1) is 12.0. The Morgan fingerprint density at radius 2 is 2.24 bits per heavy atom. The van der Waals surface area contributed by atoms with Gasteiger partial charge in [-0.2, -0.15) is 4.98 Å². The number of nitrogens with zero attached hydrogens (tertiary/aromatic N) is 3. The van der Waals surface area contributed by atoms with E-state index >= 15 is 0 Å². The van der Waals surface area contributed by atoms with Gasteiger partial charge in [-0.3, -0.25) is 9.20 Å². The van der Waals surface area contributed by atoms with E-state index in [1.54, 1.807) is 7.05 Å². The summed E-state index contributed by atoms with van der Waals surface area (Å²) in [6.45, 7) is 6.76. The largest absolute Gasteiger partial charge is 0.356 e. The van der Waals surface area contributed by atoms with Crippen LogP contribution in [0.25, 0.3) is 0 Å². The summed E-state index contributed by atoms with van der Waals surface area (Å²) in [5.41, 5.74) is 0. The zero-order chi connectivity index (χ0) is 18.2. The van der Waals surface area contributed by atoms with Gasteiger partial charge in [-0.15, -0.1) is 0 Å². The van der Waals surface area contributed by atoms with Gasteiger partial charge in [0.05, 0.1) is 0 Å². The van der Waals surface area contributed by atoms with Gasteiger partial charge in [0.15, 0.2) is 11.8 Å². The number of hydrogen-bond acceptors (Lipinski definition) is 5. The van der Waals surface area contributed by atoms with Crippen molar-refractivity contribution in [3.63, 3.8) is 0 Å². The zero-order valence-electron chi connectivity index (χ0n) is 15.7. The van der Waals surface area contributed by atoms with E-state index in [4.69, 9.17) is 4.52 Å². The topological polar surface area (TPSA) is 92.4 Å². The Hall–Kier alpha value is -1.44. The fourth-order valence-corrected chi connectivity index (χ4v) is 4.38. The minimum Gasteiger partial charge on any atom is -0.356 e. The van der Waals surface area contributed by atoms with E-state index in [0.29, 0.717) is 30.1 Å². The highest BCUT2D eigenvalue weighted by Crippen LogP contribution is 2.22. The molecule has 8 heteroatoms. The molecule has 1 aliphatic carbocycles. The lowest BCUT2D eigenvalue weighted by Gasteiger charge is -2.30. The number of nitrogens with one attached hydrogen (secondary N) is 2. The second-order valence-electron chi connectivity index (χ2n) is 6.75. The Bertz CT molecular complexity index is 587. The number of aromatic nitrogens is 2. The summed E-state index contributed by atoms with van der Waals surface area (Å²) in [5, 5.41) is 11.0. The van der Waals surface area contributed by atoms with Gasteiger partial charge in [0.25, 0.3) is 0 Å². The van der Waals surface area contributed by atoms with Crippen LogP contribution in [-0.2, 0) is 17.2 Å². The predicted molar refractivity (Wildman–Crippen MR) is 101 cm³/mol. The highest BCUT2D eigenvalue weighted by atomic mass is 32.2. The van der Waals surface area contributed by atoms with Crippen LogP contribution in [0.4, 0.5) is 0 Å². The van der Waals surface area contributed by atoms with Crippen LogP contribution >= 0.6 is 0 Å². The van der Waals surface area contributed by atoms with Crippen LogP contribution < -0.4 is 10.6 Å². The van der Waals surface area contributed by atoms with Crippen LogP contribution in [0, 0.1) is 0 Å². The average Bonchev–Trinajstić information content (AvgIpc) is 3.09. The lowest BCUT2D eigenvalue weighted by atomic mass is 9.95.